The number of hydrogen-bond acceptors (Lipinski definition) is 2. The smallest absolute Gasteiger partial charge is 0.0353 e. The van der Waals surface area contributed by atoms with Crippen LogP contribution in [0.4, 0.5) is 0 Å². The van der Waals surface area contributed by atoms with Crippen LogP contribution in [0.5, 0.6) is 0 Å². The standard InChI is InChI=1S/C17H34N2/c1-6-19(17-11-18(12-17)14(4)5)16-9-7-15(8-10-16)13(2)3/h13-17H,6-12H2,1-5H3. The predicted molar refractivity (Wildman–Crippen MR) is 83.5 cm³/mol. The van der Waals surface area contributed by atoms with Crippen LogP contribution in [0.2, 0.25) is 0 Å². The van der Waals surface area contributed by atoms with Gasteiger partial charge in [0.2, 0.25) is 0 Å². The lowest BCUT2D eigenvalue weighted by Crippen LogP contribution is -2.63. The Morgan fingerprint density at radius 1 is 0.947 bits per heavy atom. The number of likely N-dealkylation sites (N-methyl/N-ethyl adjacent to an activating group) is 1. The van der Waals surface area contributed by atoms with Gasteiger partial charge in [0.05, 0.1) is 0 Å². The molecule has 1 saturated carbocycles. The molecule has 1 aliphatic carbocycles. The average Bonchev–Trinajstić information content (AvgIpc) is 2.32. The molecule has 1 saturated heterocycles. The van der Waals surface area contributed by atoms with Gasteiger partial charge >= 0.3 is 0 Å². The molecule has 0 aromatic heterocycles. The van der Waals surface area contributed by atoms with E-state index in [0.717, 1.165) is 30.0 Å². The highest BCUT2D eigenvalue weighted by atomic mass is 15.3. The Balaban J connectivity index is 1.80. The van der Waals surface area contributed by atoms with Crippen LogP contribution in [0.25, 0.3) is 0 Å². The van der Waals surface area contributed by atoms with E-state index in [9.17, 15) is 0 Å². The van der Waals surface area contributed by atoms with Crippen LogP contribution in [-0.2, 0) is 0 Å². The van der Waals surface area contributed by atoms with Gasteiger partial charge in [-0.15, -0.1) is 0 Å². The summed E-state index contributed by atoms with van der Waals surface area (Å²) in [4.78, 5) is 5.42. The molecule has 0 aromatic rings. The third kappa shape index (κ3) is 3.52. The van der Waals surface area contributed by atoms with Gasteiger partial charge in [0.15, 0.2) is 0 Å². The van der Waals surface area contributed by atoms with E-state index in [1.54, 1.807) is 0 Å². The minimum absolute atomic E-state index is 0.728. The molecule has 2 nitrogen and oxygen atoms in total. The van der Waals surface area contributed by atoms with Crippen molar-refractivity contribution in [2.45, 2.75) is 78.4 Å². The first-order valence-corrected chi connectivity index (χ1v) is 8.52. The molecular formula is C17H34N2. The molecule has 1 aliphatic heterocycles. The van der Waals surface area contributed by atoms with E-state index < -0.39 is 0 Å². The van der Waals surface area contributed by atoms with Crippen molar-refractivity contribution in [3.63, 3.8) is 0 Å². The van der Waals surface area contributed by atoms with Crippen LogP contribution in [0.15, 0.2) is 0 Å². The molecule has 2 fully saturated rings. The minimum atomic E-state index is 0.728. The number of rotatable bonds is 5. The molecule has 0 unspecified atom stereocenters. The summed E-state index contributed by atoms with van der Waals surface area (Å²) in [5, 5.41) is 0. The quantitative estimate of drug-likeness (QED) is 0.750. The molecule has 112 valence electrons. The molecular weight excluding hydrogens is 232 g/mol. The average molecular weight is 266 g/mol. The molecule has 2 heteroatoms. The normalized spacial score (nSPS) is 30.3. The number of hydrogen-bond donors (Lipinski definition) is 0. The lowest BCUT2D eigenvalue weighted by atomic mass is 9.79. The Morgan fingerprint density at radius 3 is 1.95 bits per heavy atom. The van der Waals surface area contributed by atoms with Gasteiger partial charge in [0, 0.05) is 31.2 Å². The zero-order chi connectivity index (χ0) is 14.0. The maximum atomic E-state index is 2.81. The van der Waals surface area contributed by atoms with Gasteiger partial charge in [-0.1, -0.05) is 20.8 Å². The molecule has 0 amide bonds. The van der Waals surface area contributed by atoms with Crippen LogP contribution >= 0.6 is 0 Å². The van der Waals surface area contributed by atoms with Crippen molar-refractivity contribution in [2.75, 3.05) is 19.6 Å². The fraction of sp³-hybridized carbons (Fsp3) is 1.00. The molecule has 0 aromatic carbocycles. The highest BCUT2D eigenvalue weighted by Gasteiger charge is 2.37. The van der Waals surface area contributed by atoms with Gasteiger partial charge in [-0.2, -0.15) is 0 Å². The first kappa shape index (κ1) is 15.3. The van der Waals surface area contributed by atoms with Crippen molar-refractivity contribution < 1.29 is 0 Å². The topological polar surface area (TPSA) is 6.48 Å². The Labute approximate surface area is 120 Å². The van der Waals surface area contributed by atoms with Gasteiger partial charge in [0.25, 0.3) is 0 Å². The predicted octanol–water partition coefficient (Wildman–Crippen LogP) is 3.62. The van der Waals surface area contributed by atoms with Crippen LogP contribution in [0.1, 0.15) is 60.3 Å². The molecule has 1 heterocycles. The van der Waals surface area contributed by atoms with E-state index in [4.69, 9.17) is 0 Å². The largest absolute Gasteiger partial charge is 0.298 e. The molecule has 19 heavy (non-hydrogen) atoms. The molecule has 0 bridgehead atoms. The Bertz CT molecular complexity index is 260. The monoisotopic (exact) mass is 266 g/mol. The summed E-state index contributed by atoms with van der Waals surface area (Å²) in [5.74, 6) is 1.87. The zero-order valence-electron chi connectivity index (χ0n) is 13.7. The van der Waals surface area contributed by atoms with E-state index in [-0.39, 0.29) is 0 Å². The Morgan fingerprint density at radius 2 is 1.53 bits per heavy atom. The summed E-state index contributed by atoms with van der Waals surface area (Å²) in [7, 11) is 0. The SMILES string of the molecule is CCN(C1CCC(C(C)C)CC1)C1CN(C(C)C)C1. The number of nitrogens with zero attached hydrogens (tertiary/aromatic N) is 2. The summed E-state index contributed by atoms with van der Waals surface area (Å²) < 4.78 is 0. The van der Waals surface area contributed by atoms with Crippen LogP contribution in [-0.4, -0.2) is 47.6 Å². The summed E-state index contributed by atoms with van der Waals surface area (Å²) in [6.07, 6.45) is 5.79. The Kier molecular flexibility index (Phi) is 5.30. The summed E-state index contributed by atoms with van der Waals surface area (Å²) >= 11 is 0. The fourth-order valence-corrected chi connectivity index (χ4v) is 4.03. The van der Waals surface area contributed by atoms with Crippen molar-refractivity contribution in [2.24, 2.45) is 11.8 Å². The van der Waals surface area contributed by atoms with E-state index in [2.05, 4.69) is 44.4 Å². The van der Waals surface area contributed by atoms with Crippen LogP contribution in [0.3, 0.4) is 0 Å². The van der Waals surface area contributed by atoms with Crippen molar-refractivity contribution in [3.05, 3.63) is 0 Å². The second kappa shape index (κ2) is 6.58. The van der Waals surface area contributed by atoms with E-state index in [0.29, 0.717) is 0 Å². The van der Waals surface area contributed by atoms with Crippen molar-refractivity contribution in [1.29, 1.82) is 0 Å². The minimum Gasteiger partial charge on any atom is -0.298 e. The maximum absolute atomic E-state index is 2.81. The zero-order valence-corrected chi connectivity index (χ0v) is 13.7. The van der Waals surface area contributed by atoms with Gasteiger partial charge in [-0.05, 0) is 57.9 Å². The third-order valence-corrected chi connectivity index (χ3v) is 5.61. The fourth-order valence-electron chi connectivity index (χ4n) is 4.03. The molecule has 2 rings (SSSR count). The molecule has 0 atom stereocenters. The van der Waals surface area contributed by atoms with E-state index in [1.807, 2.05) is 0 Å². The second-order valence-electron chi connectivity index (χ2n) is 7.34. The van der Waals surface area contributed by atoms with Crippen molar-refractivity contribution >= 4 is 0 Å². The highest BCUT2D eigenvalue weighted by Crippen LogP contribution is 2.34. The van der Waals surface area contributed by atoms with Gasteiger partial charge in [-0.3, -0.25) is 9.80 Å². The first-order chi connectivity index (χ1) is 9.02. The molecule has 0 radical (unpaired) electrons. The molecule has 0 N–H and O–H groups in total. The van der Waals surface area contributed by atoms with Crippen LogP contribution in [0, 0.1) is 11.8 Å². The highest BCUT2D eigenvalue weighted by molar-refractivity contribution is 4.93. The molecule has 0 spiro atoms. The van der Waals surface area contributed by atoms with E-state index >= 15 is 0 Å². The van der Waals surface area contributed by atoms with Crippen molar-refractivity contribution in [3.8, 4) is 0 Å². The maximum Gasteiger partial charge on any atom is 0.0353 e. The van der Waals surface area contributed by atoms with E-state index in [1.165, 1.54) is 45.3 Å². The van der Waals surface area contributed by atoms with Crippen LogP contribution < -0.4 is 0 Å². The number of likely N-dealkylation sites (tertiary alicyclic amines) is 1. The molecule has 2 aliphatic rings. The first-order valence-electron chi connectivity index (χ1n) is 8.52. The summed E-state index contributed by atoms with van der Waals surface area (Å²) in [6.45, 7) is 15.6. The lowest BCUT2D eigenvalue weighted by molar-refractivity contribution is -0.0182. The summed E-state index contributed by atoms with van der Waals surface area (Å²) in [6, 6.07) is 2.44. The van der Waals surface area contributed by atoms with Gasteiger partial charge in [0.1, 0.15) is 0 Å². The Hall–Kier alpha value is -0.0800. The lowest BCUT2D eigenvalue weighted by Gasteiger charge is -2.51. The van der Waals surface area contributed by atoms with Gasteiger partial charge < -0.3 is 0 Å². The van der Waals surface area contributed by atoms with Crippen molar-refractivity contribution in [1.82, 2.24) is 9.80 Å². The second-order valence-corrected chi connectivity index (χ2v) is 7.34. The van der Waals surface area contributed by atoms with Gasteiger partial charge in [-0.25, -0.2) is 0 Å². The third-order valence-electron chi connectivity index (χ3n) is 5.61. The summed E-state index contributed by atoms with van der Waals surface area (Å²) in [5.41, 5.74) is 0.